The summed E-state index contributed by atoms with van der Waals surface area (Å²) in [7, 11) is -0.719. The summed E-state index contributed by atoms with van der Waals surface area (Å²) in [6, 6.07) is 2.70. The van der Waals surface area contributed by atoms with Gasteiger partial charge in [-0.25, -0.2) is 12.7 Å². The molecule has 0 atom stereocenters. The lowest BCUT2D eigenvalue weighted by Gasteiger charge is -2.11. The molecule has 0 aliphatic heterocycles. The first-order valence-corrected chi connectivity index (χ1v) is 7.38. The molecule has 21 heavy (non-hydrogen) atoms. The van der Waals surface area contributed by atoms with Crippen LogP contribution in [-0.4, -0.2) is 49.9 Å². The number of nitro benzene ring substituents is 1. The molecule has 0 saturated heterocycles. The van der Waals surface area contributed by atoms with Crippen LogP contribution in [0.2, 0.25) is 0 Å². The van der Waals surface area contributed by atoms with Crippen molar-refractivity contribution in [1.82, 2.24) is 9.62 Å². The predicted molar refractivity (Wildman–Crippen MR) is 72.9 cm³/mol. The van der Waals surface area contributed by atoms with Crippen molar-refractivity contribution in [1.29, 1.82) is 0 Å². The Morgan fingerprint density at radius 3 is 2.52 bits per heavy atom. The Balaban J connectivity index is 2.69. The van der Waals surface area contributed by atoms with Gasteiger partial charge in [0.2, 0.25) is 15.8 Å². The van der Waals surface area contributed by atoms with E-state index in [1.54, 1.807) is 0 Å². The number of hydrogen-bond donors (Lipinski definition) is 1. The second-order valence-electron chi connectivity index (χ2n) is 4.28. The van der Waals surface area contributed by atoms with E-state index in [1.807, 2.05) is 0 Å². The van der Waals surface area contributed by atoms with Crippen molar-refractivity contribution < 1.29 is 22.5 Å². The van der Waals surface area contributed by atoms with Gasteiger partial charge in [0.15, 0.2) is 0 Å². The van der Waals surface area contributed by atoms with Crippen molar-refractivity contribution in [3.8, 4) is 0 Å². The largest absolute Gasteiger partial charge is 0.351 e. The lowest BCUT2D eigenvalue weighted by Crippen LogP contribution is -2.33. The van der Waals surface area contributed by atoms with Crippen LogP contribution in [0.15, 0.2) is 18.2 Å². The van der Waals surface area contributed by atoms with Crippen LogP contribution in [0.4, 0.5) is 10.1 Å². The smallest absolute Gasteiger partial charge is 0.304 e. The van der Waals surface area contributed by atoms with Crippen molar-refractivity contribution in [3.63, 3.8) is 0 Å². The lowest BCUT2D eigenvalue weighted by molar-refractivity contribution is -0.387. The topological polar surface area (TPSA) is 110 Å². The fourth-order valence-corrected chi connectivity index (χ4v) is 2.10. The summed E-state index contributed by atoms with van der Waals surface area (Å²) >= 11 is 0. The molecule has 1 amide bonds. The van der Waals surface area contributed by atoms with Crippen molar-refractivity contribution >= 4 is 21.6 Å². The molecule has 0 saturated carbocycles. The number of rotatable bonds is 6. The summed E-state index contributed by atoms with van der Waals surface area (Å²) in [5.41, 5.74) is -0.859. The summed E-state index contributed by atoms with van der Waals surface area (Å²) in [6.07, 6.45) is 0. The molecule has 0 unspecified atom stereocenters. The highest BCUT2D eigenvalue weighted by molar-refractivity contribution is 7.89. The Labute approximate surface area is 120 Å². The number of nitrogens with one attached hydrogen (secondary N) is 1. The molecule has 0 heterocycles. The predicted octanol–water partition coefficient (Wildman–Crippen LogP) is 0.355. The van der Waals surface area contributed by atoms with Gasteiger partial charge in [-0.05, 0) is 12.1 Å². The fraction of sp³-hybridized carbons (Fsp3) is 0.364. The molecule has 1 rings (SSSR count). The molecule has 0 aliphatic rings. The van der Waals surface area contributed by atoms with E-state index in [1.165, 1.54) is 14.1 Å². The molecule has 116 valence electrons. The Morgan fingerprint density at radius 1 is 1.43 bits per heavy atom. The molecular weight excluding hydrogens is 305 g/mol. The van der Waals surface area contributed by atoms with Gasteiger partial charge in [-0.15, -0.1) is 0 Å². The Bertz CT molecular complexity index is 660. The van der Waals surface area contributed by atoms with Crippen molar-refractivity contribution in [2.24, 2.45) is 0 Å². The number of benzene rings is 1. The highest BCUT2D eigenvalue weighted by Gasteiger charge is 2.18. The average Bonchev–Trinajstić information content (AvgIpc) is 2.37. The number of hydrogen-bond acceptors (Lipinski definition) is 5. The summed E-state index contributed by atoms with van der Waals surface area (Å²) in [5.74, 6) is -2.15. The maximum absolute atomic E-state index is 13.4. The van der Waals surface area contributed by atoms with E-state index in [2.05, 4.69) is 5.32 Å². The van der Waals surface area contributed by atoms with Crippen LogP contribution in [0.25, 0.3) is 0 Å². The fourth-order valence-electron chi connectivity index (χ4n) is 1.37. The molecule has 1 N–H and O–H groups in total. The monoisotopic (exact) mass is 319 g/mol. The molecule has 1 aromatic carbocycles. The molecule has 0 aliphatic carbocycles. The highest BCUT2D eigenvalue weighted by Crippen LogP contribution is 2.17. The molecule has 0 fully saturated rings. The standard InChI is InChI=1S/C11H14FN3O5S/c1-14(2)21(19,20)6-5-13-11(16)8-3-4-10(15(17)18)9(12)7-8/h3-4,7H,5-6H2,1-2H3,(H,13,16). The summed E-state index contributed by atoms with van der Waals surface area (Å²) < 4.78 is 37.3. The van der Waals surface area contributed by atoms with E-state index in [9.17, 15) is 27.7 Å². The zero-order valence-electron chi connectivity index (χ0n) is 11.4. The van der Waals surface area contributed by atoms with Gasteiger partial charge in [0.1, 0.15) is 0 Å². The minimum absolute atomic E-state index is 0.125. The van der Waals surface area contributed by atoms with Crippen molar-refractivity contribution in [2.75, 3.05) is 26.4 Å². The first-order chi connectivity index (χ1) is 9.65. The molecule has 0 spiro atoms. The SMILES string of the molecule is CN(C)S(=O)(=O)CCNC(=O)c1ccc([N+](=O)[O-])c(F)c1. The van der Waals surface area contributed by atoms with E-state index < -0.39 is 32.4 Å². The van der Waals surface area contributed by atoms with Crippen LogP contribution in [0.3, 0.4) is 0 Å². The summed E-state index contributed by atoms with van der Waals surface area (Å²) in [6.45, 7) is -0.155. The number of nitro groups is 1. The van der Waals surface area contributed by atoms with Crippen LogP contribution < -0.4 is 5.32 Å². The minimum atomic E-state index is -3.45. The average molecular weight is 319 g/mol. The first kappa shape index (κ1) is 17.0. The van der Waals surface area contributed by atoms with Gasteiger partial charge in [0.25, 0.3) is 5.91 Å². The third kappa shape index (κ3) is 4.46. The van der Waals surface area contributed by atoms with Crippen LogP contribution in [0.1, 0.15) is 10.4 Å². The van der Waals surface area contributed by atoms with Crippen LogP contribution in [0.5, 0.6) is 0 Å². The van der Waals surface area contributed by atoms with E-state index >= 15 is 0 Å². The van der Waals surface area contributed by atoms with E-state index in [-0.39, 0.29) is 17.9 Å². The molecular formula is C11H14FN3O5S. The number of carbonyl (C=O) groups is 1. The minimum Gasteiger partial charge on any atom is -0.351 e. The van der Waals surface area contributed by atoms with Crippen LogP contribution >= 0.6 is 0 Å². The van der Waals surface area contributed by atoms with Gasteiger partial charge in [-0.3, -0.25) is 14.9 Å². The van der Waals surface area contributed by atoms with Crippen LogP contribution in [-0.2, 0) is 10.0 Å². The molecule has 1 aromatic rings. The van der Waals surface area contributed by atoms with Gasteiger partial charge in [-0.2, -0.15) is 4.39 Å². The second-order valence-corrected chi connectivity index (χ2v) is 6.58. The van der Waals surface area contributed by atoms with E-state index in [4.69, 9.17) is 0 Å². The summed E-state index contributed by atoms with van der Waals surface area (Å²) in [5, 5.41) is 12.7. The number of nitrogens with zero attached hydrogens (tertiary/aromatic N) is 2. The Morgan fingerprint density at radius 2 is 2.05 bits per heavy atom. The van der Waals surface area contributed by atoms with Gasteiger partial charge in [0.05, 0.1) is 10.7 Å². The van der Waals surface area contributed by atoms with Gasteiger partial charge >= 0.3 is 5.69 Å². The Hall–Kier alpha value is -2.07. The van der Waals surface area contributed by atoms with Crippen molar-refractivity contribution in [2.45, 2.75) is 0 Å². The highest BCUT2D eigenvalue weighted by atomic mass is 32.2. The first-order valence-electron chi connectivity index (χ1n) is 5.77. The molecule has 0 radical (unpaired) electrons. The quantitative estimate of drug-likeness (QED) is 0.601. The number of halogens is 1. The van der Waals surface area contributed by atoms with Gasteiger partial charge < -0.3 is 5.32 Å². The van der Waals surface area contributed by atoms with Gasteiger partial charge in [0, 0.05) is 32.3 Å². The maximum atomic E-state index is 13.4. The maximum Gasteiger partial charge on any atom is 0.304 e. The molecule has 0 aromatic heterocycles. The number of carbonyl (C=O) groups excluding carboxylic acids is 1. The normalized spacial score (nSPS) is 11.4. The van der Waals surface area contributed by atoms with Crippen molar-refractivity contribution in [3.05, 3.63) is 39.7 Å². The number of sulfonamides is 1. The van der Waals surface area contributed by atoms with Crippen LogP contribution in [0, 0.1) is 15.9 Å². The third-order valence-corrected chi connectivity index (χ3v) is 4.44. The third-order valence-electron chi connectivity index (χ3n) is 2.61. The number of amides is 1. The zero-order valence-corrected chi connectivity index (χ0v) is 12.2. The van der Waals surface area contributed by atoms with E-state index in [0.29, 0.717) is 0 Å². The zero-order chi connectivity index (χ0) is 16.2. The molecule has 8 nitrogen and oxygen atoms in total. The molecule has 10 heteroatoms. The van der Waals surface area contributed by atoms with E-state index in [0.717, 1.165) is 22.5 Å². The lowest BCUT2D eigenvalue weighted by atomic mass is 10.2. The van der Waals surface area contributed by atoms with Gasteiger partial charge in [-0.1, -0.05) is 0 Å². The second kappa shape index (κ2) is 6.59. The molecule has 0 bridgehead atoms. The summed E-state index contributed by atoms with van der Waals surface area (Å²) in [4.78, 5) is 21.2. The Kier molecular flexibility index (Phi) is 5.33.